The van der Waals surface area contributed by atoms with Crippen LogP contribution in [0.4, 0.5) is 5.69 Å². The van der Waals surface area contributed by atoms with Crippen LogP contribution in [0.2, 0.25) is 0 Å². The lowest BCUT2D eigenvalue weighted by Crippen LogP contribution is -2.23. The number of hydrogen-bond acceptors (Lipinski definition) is 7. The molecule has 3 aromatic rings. The normalized spacial score (nSPS) is 15.3. The number of para-hydroxylation sites is 1. The average molecular weight is 378 g/mol. The molecule has 1 aliphatic rings. The van der Waals surface area contributed by atoms with Crippen molar-refractivity contribution in [3.8, 4) is 22.9 Å². The van der Waals surface area contributed by atoms with Crippen LogP contribution < -0.4 is 14.8 Å². The minimum atomic E-state index is -0.388. The number of anilines is 1. The topological polar surface area (TPSA) is 69.2 Å². The lowest BCUT2D eigenvalue weighted by molar-refractivity contribution is 0.266. The molecule has 0 fully saturated rings. The summed E-state index contributed by atoms with van der Waals surface area (Å²) in [7, 11) is 1.65. The fourth-order valence-electron chi connectivity index (χ4n) is 2.75. The predicted molar refractivity (Wildman–Crippen MR) is 107 cm³/mol. The summed E-state index contributed by atoms with van der Waals surface area (Å²) in [6, 6.07) is 15.7. The zero-order chi connectivity index (χ0) is 18.6. The molecule has 1 unspecified atom stereocenters. The summed E-state index contributed by atoms with van der Waals surface area (Å²) in [5, 5.41) is 12.4. The molecule has 27 heavy (non-hydrogen) atoms. The van der Waals surface area contributed by atoms with Gasteiger partial charge in [0.2, 0.25) is 11.0 Å². The van der Waals surface area contributed by atoms with Crippen LogP contribution >= 0.6 is 11.8 Å². The SMILES string of the molecule is COc1ccc(C=CC2Nc3ccccc3-c3nnc(SC)nc3O2)cc1. The maximum atomic E-state index is 6.10. The maximum Gasteiger partial charge on any atom is 0.247 e. The molecule has 0 bridgehead atoms. The summed E-state index contributed by atoms with van der Waals surface area (Å²) in [6.45, 7) is 0. The quantitative estimate of drug-likeness (QED) is 0.685. The van der Waals surface area contributed by atoms with Gasteiger partial charge in [0.25, 0.3) is 0 Å². The number of hydrogen-bond donors (Lipinski definition) is 1. The summed E-state index contributed by atoms with van der Waals surface area (Å²) in [6.07, 6.45) is 5.47. The number of thioether (sulfide) groups is 1. The monoisotopic (exact) mass is 378 g/mol. The first kappa shape index (κ1) is 17.4. The van der Waals surface area contributed by atoms with Crippen LogP contribution in [0.15, 0.2) is 59.8 Å². The number of benzene rings is 2. The highest BCUT2D eigenvalue weighted by Gasteiger charge is 2.23. The van der Waals surface area contributed by atoms with Gasteiger partial charge in [0, 0.05) is 11.3 Å². The molecule has 2 aromatic carbocycles. The molecule has 1 aliphatic heterocycles. The van der Waals surface area contributed by atoms with Gasteiger partial charge in [-0.3, -0.25) is 0 Å². The Morgan fingerprint density at radius 2 is 1.93 bits per heavy atom. The highest BCUT2D eigenvalue weighted by atomic mass is 32.2. The Morgan fingerprint density at radius 3 is 2.70 bits per heavy atom. The van der Waals surface area contributed by atoms with Crippen LogP contribution in [0.1, 0.15) is 5.56 Å². The Morgan fingerprint density at radius 1 is 1.11 bits per heavy atom. The zero-order valence-corrected chi connectivity index (χ0v) is 15.7. The Balaban J connectivity index is 1.67. The molecule has 0 radical (unpaired) electrons. The van der Waals surface area contributed by atoms with E-state index in [2.05, 4.69) is 20.5 Å². The van der Waals surface area contributed by atoms with E-state index in [1.165, 1.54) is 11.8 Å². The zero-order valence-electron chi connectivity index (χ0n) is 14.9. The van der Waals surface area contributed by atoms with Gasteiger partial charge in [-0.1, -0.05) is 48.2 Å². The second-order valence-electron chi connectivity index (χ2n) is 5.81. The molecule has 0 amide bonds. The first-order valence-corrected chi connectivity index (χ1v) is 9.63. The molecule has 7 heteroatoms. The molecule has 136 valence electrons. The van der Waals surface area contributed by atoms with Crippen molar-refractivity contribution in [1.82, 2.24) is 15.2 Å². The molecule has 1 N–H and O–H groups in total. The van der Waals surface area contributed by atoms with E-state index < -0.39 is 0 Å². The predicted octanol–water partition coefficient (Wildman–Crippen LogP) is 4.11. The van der Waals surface area contributed by atoms with Crippen molar-refractivity contribution in [1.29, 1.82) is 0 Å². The first-order chi connectivity index (χ1) is 13.3. The molecule has 0 saturated heterocycles. The van der Waals surface area contributed by atoms with Crippen molar-refractivity contribution in [2.24, 2.45) is 0 Å². The van der Waals surface area contributed by atoms with Crippen molar-refractivity contribution >= 4 is 23.5 Å². The molecular formula is C20H18N4O2S. The molecule has 1 aromatic heterocycles. The summed E-state index contributed by atoms with van der Waals surface area (Å²) in [5.41, 5.74) is 3.52. The number of ether oxygens (including phenoxy) is 2. The third-order valence-corrected chi connectivity index (χ3v) is 4.65. The highest BCUT2D eigenvalue weighted by Crippen LogP contribution is 2.36. The second-order valence-corrected chi connectivity index (χ2v) is 6.59. The molecule has 2 heterocycles. The van der Waals surface area contributed by atoms with E-state index in [4.69, 9.17) is 9.47 Å². The van der Waals surface area contributed by atoms with Crippen molar-refractivity contribution in [3.63, 3.8) is 0 Å². The van der Waals surface area contributed by atoms with E-state index in [0.717, 1.165) is 22.6 Å². The van der Waals surface area contributed by atoms with Crippen LogP contribution in [-0.2, 0) is 0 Å². The lowest BCUT2D eigenvalue weighted by Gasteiger charge is -2.15. The number of fused-ring (bicyclic) bond motifs is 3. The standard InChI is InChI=1S/C20H18N4O2S/c1-25-14-10-7-13(8-11-14)9-12-17-21-16-6-4-3-5-15(16)18-19(26-17)22-20(27-2)24-23-18/h3-12,17,21H,1-2H3. The minimum Gasteiger partial charge on any atom is -0.497 e. The van der Waals surface area contributed by atoms with Gasteiger partial charge in [-0.05, 0) is 36.1 Å². The Labute approximate surface area is 161 Å². The number of nitrogens with zero attached hydrogens (tertiary/aromatic N) is 3. The molecule has 0 aliphatic carbocycles. The van der Waals surface area contributed by atoms with Crippen LogP contribution in [0.25, 0.3) is 17.3 Å². The number of aromatic nitrogens is 3. The summed E-state index contributed by atoms with van der Waals surface area (Å²) < 4.78 is 11.3. The lowest BCUT2D eigenvalue weighted by atomic mass is 10.1. The average Bonchev–Trinajstić information content (AvgIpc) is 2.88. The van der Waals surface area contributed by atoms with Gasteiger partial charge in [0.1, 0.15) is 5.75 Å². The van der Waals surface area contributed by atoms with E-state index in [0.29, 0.717) is 16.7 Å². The largest absolute Gasteiger partial charge is 0.497 e. The molecule has 0 saturated carbocycles. The highest BCUT2D eigenvalue weighted by molar-refractivity contribution is 7.98. The number of rotatable bonds is 4. The van der Waals surface area contributed by atoms with Crippen LogP contribution in [0.3, 0.4) is 0 Å². The van der Waals surface area contributed by atoms with E-state index in [-0.39, 0.29) is 6.23 Å². The Bertz CT molecular complexity index is 976. The van der Waals surface area contributed by atoms with E-state index in [9.17, 15) is 0 Å². The minimum absolute atomic E-state index is 0.388. The number of methoxy groups -OCH3 is 1. The van der Waals surface area contributed by atoms with Crippen LogP contribution in [0.5, 0.6) is 11.6 Å². The van der Waals surface area contributed by atoms with Gasteiger partial charge in [0.05, 0.1) is 7.11 Å². The molecule has 1 atom stereocenters. The van der Waals surface area contributed by atoms with Gasteiger partial charge >= 0.3 is 0 Å². The van der Waals surface area contributed by atoms with Crippen molar-refractivity contribution in [2.45, 2.75) is 11.4 Å². The molecule has 0 spiro atoms. The third-order valence-electron chi connectivity index (χ3n) is 4.12. The first-order valence-electron chi connectivity index (χ1n) is 8.40. The van der Waals surface area contributed by atoms with Crippen LogP contribution in [0, 0.1) is 0 Å². The van der Waals surface area contributed by atoms with Crippen molar-refractivity contribution in [3.05, 3.63) is 60.2 Å². The van der Waals surface area contributed by atoms with Gasteiger partial charge in [0.15, 0.2) is 11.9 Å². The number of nitrogens with one attached hydrogen (secondary N) is 1. The fourth-order valence-corrected chi connectivity index (χ4v) is 3.05. The fraction of sp³-hybridized carbons (Fsp3) is 0.150. The molecule has 6 nitrogen and oxygen atoms in total. The smallest absolute Gasteiger partial charge is 0.247 e. The molecule has 4 rings (SSSR count). The van der Waals surface area contributed by atoms with Crippen molar-refractivity contribution in [2.75, 3.05) is 18.7 Å². The third kappa shape index (κ3) is 3.73. The second kappa shape index (κ2) is 7.67. The van der Waals surface area contributed by atoms with Gasteiger partial charge in [-0.25, -0.2) is 0 Å². The van der Waals surface area contributed by atoms with Gasteiger partial charge in [-0.2, -0.15) is 4.98 Å². The maximum absolute atomic E-state index is 6.10. The van der Waals surface area contributed by atoms with E-state index >= 15 is 0 Å². The summed E-state index contributed by atoms with van der Waals surface area (Å²) in [5.74, 6) is 1.29. The summed E-state index contributed by atoms with van der Waals surface area (Å²) in [4.78, 5) is 4.50. The van der Waals surface area contributed by atoms with Gasteiger partial charge in [-0.15, -0.1) is 10.2 Å². The van der Waals surface area contributed by atoms with E-state index in [1.807, 2.05) is 66.9 Å². The van der Waals surface area contributed by atoms with E-state index in [1.54, 1.807) is 7.11 Å². The Hall–Kier alpha value is -3.06. The van der Waals surface area contributed by atoms with Crippen LogP contribution in [-0.4, -0.2) is 34.8 Å². The Kier molecular flexibility index (Phi) is 4.93. The van der Waals surface area contributed by atoms with Gasteiger partial charge < -0.3 is 14.8 Å². The summed E-state index contributed by atoms with van der Waals surface area (Å²) >= 11 is 1.43. The molecular weight excluding hydrogens is 360 g/mol. The van der Waals surface area contributed by atoms with Crippen molar-refractivity contribution < 1.29 is 9.47 Å².